The number of nitrogens with zero attached hydrogens (tertiary/aromatic N) is 1. The summed E-state index contributed by atoms with van der Waals surface area (Å²) in [5.74, 6) is -4.40. The molecule has 0 aromatic heterocycles. The molecule has 212 valence electrons. The van der Waals surface area contributed by atoms with Crippen LogP contribution in [0.1, 0.15) is 44.9 Å². The number of amides is 3. The average molecular weight is 549 g/mol. The maximum absolute atomic E-state index is 13.0. The van der Waals surface area contributed by atoms with Gasteiger partial charge in [0.1, 0.15) is 18.1 Å². The molecule has 0 radical (unpaired) electrons. The van der Waals surface area contributed by atoms with Crippen molar-refractivity contribution in [2.75, 3.05) is 25.1 Å². The molecule has 0 bridgehead atoms. The lowest BCUT2D eigenvalue weighted by atomic mass is 10.1. The molecule has 15 nitrogen and oxygen atoms in total. The van der Waals surface area contributed by atoms with Gasteiger partial charge in [0.2, 0.25) is 17.7 Å². The van der Waals surface area contributed by atoms with Crippen molar-refractivity contribution in [3.8, 4) is 0 Å². The predicted molar refractivity (Wildman–Crippen MR) is 139 cm³/mol. The van der Waals surface area contributed by atoms with Gasteiger partial charge in [-0.25, -0.2) is 4.79 Å². The maximum atomic E-state index is 13.0. The number of hydrogen-bond donors (Lipinski definition) is 9. The Morgan fingerprint density at radius 2 is 1.38 bits per heavy atom. The third kappa shape index (κ3) is 15.6. The molecule has 0 heterocycles. The van der Waals surface area contributed by atoms with Gasteiger partial charge in [0, 0.05) is 6.54 Å². The van der Waals surface area contributed by atoms with Crippen molar-refractivity contribution in [1.29, 1.82) is 0 Å². The van der Waals surface area contributed by atoms with Gasteiger partial charge in [-0.2, -0.15) is 11.8 Å². The molecular weight excluding hydrogens is 508 g/mol. The number of nitrogens with one attached hydrogen (secondary N) is 3. The number of aliphatic carboxylic acids is 2. The summed E-state index contributed by atoms with van der Waals surface area (Å²) in [5, 5.41) is 25.8. The first-order valence-electron chi connectivity index (χ1n) is 11.8. The van der Waals surface area contributed by atoms with Gasteiger partial charge in [-0.05, 0) is 57.1 Å². The third-order valence-electron chi connectivity index (χ3n) is 5.11. The number of carboxylic acids is 2. The standard InChI is InChI=1S/C21H40N8O7S/c1-37-10-7-14(27-17(32)12(23)11-16(30)31)19(34)28-13(5-2-3-8-22)18(33)29-15(20(35)36)6-4-9-26-21(24)25/h12-15H,2-11,22-23H2,1H3,(H,27,32)(H,28,34)(H,29,33)(H,30,31)(H,35,36)(H4,24,25,26). The largest absolute Gasteiger partial charge is 0.481 e. The Kier molecular flexibility index (Phi) is 17.5. The van der Waals surface area contributed by atoms with E-state index in [1.54, 1.807) is 6.26 Å². The van der Waals surface area contributed by atoms with E-state index in [4.69, 9.17) is 28.0 Å². The first-order valence-corrected chi connectivity index (χ1v) is 13.2. The van der Waals surface area contributed by atoms with Crippen LogP contribution >= 0.6 is 11.8 Å². The van der Waals surface area contributed by atoms with Crippen LogP contribution < -0.4 is 38.9 Å². The molecule has 0 fully saturated rings. The highest BCUT2D eigenvalue weighted by molar-refractivity contribution is 7.98. The van der Waals surface area contributed by atoms with Gasteiger partial charge in [0.05, 0.1) is 12.5 Å². The van der Waals surface area contributed by atoms with Crippen LogP contribution in [0, 0.1) is 0 Å². The van der Waals surface area contributed by atoms with E-state index in [9.17, 15) is 29.1 Å². The zero-order valence-corrected chi connectivity index (χ0v) is 21.8. The van der Waals surface area contributed by atoms with Gasteiger partial charge in [-0.1, -0.05) is 0 Å². The Morgan fingerprint density at radius 1 is 0.838 bits per heavy atom. The molecule has 0 aliphatic carbocycles. The first-order chi connectivity index (χ1) is 17.4. The summed E-state index contributed by atoms with van der Waals surface area (Å²) in [7, 11) is 0. The van der Waals surface area contributed by atoms with Crippen molar-refractivity contribution in [1.82, 2.24) is 16.0 Å². The fraction of sp³-hybridized carbons (Fsp3) is 0.714. The van der Waals surface area contributed by atoms with Crippen LogP contribution in [0.3, 0.4) is 0 Å². The van der Waals surface area contributed by atoms with E-state index in [1.807, 2.05) is 0 Å². The minimum atomic E-state index is -1.36. The van der Waals surface area contributed by atoms with Crippen molar-refractivity contribution in [3.05, 3.63) is 0 Å². The van der Waals surface area contributed by atoms with E-state index in [0.717, 1.165) is 0 Å². The molecule has 0 aliphatic rings. The number of guanidine groups is 1. The SMILES string of the molecule is CSCCC(NC(=O)C(N)CC(=O)O)C(=O)NC(CCCCN)C(=O)NC(CCCN=C(N)N)C(=O)O. The summed E-state index contributed by atoms with van der Waals surface area (Å²) >= 11 is 1.42. The van der Waals surface area contributed by atoms with Gasteiger partial charge in [0.15, 0.2) is 5.96 Å². The van der Waals surface area contributed by atoms with Crippen LogP contribution in [-0.4, -0.2) is 95.1 Å². The van der Waals surface area contributed by atoms with Crippen molar-refractivity contribution in [2.24, 2.45) is 27.9 Å². The first kappa shape index (κ1) is 33.9. The molecule has 16 heteroatoms. The van der Waals surface area contributed by atoms with Crippen LogP contribution in [0.25, 0.3) is 0 Å². The van der Waals surface area contributed by atoms with Crippen LogP contribution in [0.2, 0.25) is 0 Å². The Morgan fingerprint density at radius 3 is 1.89 bits per heavy atom. The smallest absolute Gasteiger partial charge is 0.326 e. The molecule has 0 rings (SSSR count). The average Bonchev–Trinajstić information content (AvgIpc) is 2.81. The van der Waals surface area contributed by atoms with Crippen molar-refractivity contribution in [2.45, 2.75) is 69.1 Å². The molecule has 0 aromatic carbocycles. The van der Waals surface area contributed by atoms with E-state index >= 15 is 0 Å². The number of carbonyl (C=O) groups is 5. The molecular formula is C21H40N8O7S. The van der Waals surface area contributed by atoms with Gasteiger partial charge in [-0.15, -0.1) is 0 Å². The topological polar surface area (TPSA) is 278 Å². The molecule has 37 heavy (non-hydrogen) atoms. The normalized spacial score (nSPS) is 13.9. The van der Waals surface area contributed by atoms with E-state index < -0.39 is 60.2 Å². The predicted octanol–water partition coefficient (Wildman–Crippen LogP) is -2.74. The lowest BCUT2D eigenvalue weighted by Gasteiger charge is -2.25. The summed E-state index contributed by atoms with van der Waals surface area (Å²) in [6.07, 6.45) is 2.93. The Labute approximate surface area is 219 Å². The number of thioether (sulfide) groups is 1. The summed E-state index contributed by atoms with van der Waals surface area (Å²) in [4.78, 5) is 64.5. The number of carbonyl (C=O) groups excluding carboxylic acids is 3. The molecule has 4 unspecified atom stereocenters. The Bertz CT molecular complexity index is 795. The van der Waals surface area contributed by atoms with E-state index in [0.29, 0.717) is 31.6 Å². The Hall–Kier alpha value is -3.11. The van der Waals surface area contributed by atoms with Crippen molar-refractivity contribution >= 4 is 47.4 Å². The second-order valence-electron chi connectivity index (χ2n) is 8.24. The van der Waals surface area contributed by atoms with Gasteiger partial charge in [-0.3, -0.25) is 24.2 Å². The summed E-state index contributed by atoms with van der Waals surface area (Å²) in [6.45, 7) is 0.540. The summed E-state index contributed by atoms with van der Waals surface area (Å²) in [5.41, 5.74) is 21.6. The van der Waals surface area contributed by atoms with E-state index in [-0.39, 0.29) is 31.8 Å². The second kappa shape index (κ2) is 19.1. The van der Waals surface area contributed by atoms with Crippen LogP contribution in [0.15, 0.2) is 4.99 Å². The number of unbranched alkanes of at least 4 members (excludes halogenated alkanes) is 1. The number of rotatable bonds is 20. The highest BCUT2D eigenvalue weighted by atomic mass is 32.2. The number of aliphatic imine (C=N–C) groups is 1. The molecule has 0 saturated carbocycles. The minimum Gasteiger partial charge on any atom is -0.481 e. The molecule has 0 aromatic rings. The number of nitrogens with two attached hydrogens (primary N) is 4. The van der Waals surface area contributed by atoms with Gasteiger partial charge in [0.25, 0.3) is 0 Å². The molecule has 3 amide bonds. The number of carboxylic acid groups (broad SMARTS) is 2. The zero-order chi connectivity index (χ0) is 28.4. The number of hydrogen-bond acceptors (Lipinski definition) is 9. The monoisotopic (exact) mass is 548 g/mol. The fourth-order valence-electron chi connectivity index (χ4n) is 3.13. The van der Waals surface area contributed by atoms with Gasteiger partial charge < -0.3 is 49.1 Å². The lowest BCUT2D eigenvalue weighted by Crippen LogP contribution is -2.57. The van der Waals surface area contributed by atoms with Crippen LogP contribution in [-0.2, 0) is 24.0 Å². The highest BCUT2D eigenvalue weighted by Crippen LogP contribution is 2.07. The Balaban J connectivity index is 5.47. The molecule has 0 saturated heterocycles. The maximum Gasteiger partial charge on any atom is 0.326 e. The lowest BCUT2D eigenvalue weighted by molar-refractivity contribution is -0.142. The van der Waals surface area contributed by atoms with Crippen LogP contribution in [0.4, 0.5) is 0 Å². The molecule has 0 spiro atoms. The second-order valence-corrected chi connectivity index (χ2v) is 9.23. The summed E-state index contributed by atoms with van der Waals surface area (Å²) < 4.78 is 0. The van der Waals surface area contributed by atoms with Crippen molar-refractivity contribution < 1.29 is 34.2 Å². The quantitative estimate of drug-likeness (QED) is 0.0425. The highest BCUT2D eigenvalue weighted by Gasteiger charge is 2.30. The zero-order valence-electron chi connectivity index (χ0n) is 21.0. The van der Waals surface area contributed by atoms with Gasteiger partial charge >= 0.3 is 11.9 Å². The van der Waals surface area contributed by atoms with Crippen LogP contribution in [0.5, 0.6) is 0 Å². The molecule has 13 N–H and O–H groups in total. The van der Waals surface area contributed by atoms with E-state index in [1.165, 1.54) is 11.8 Å². The van der Waals surface area contributed by atoms with E-state index in [2.05, 4.69) is 20.9 Å². The molecule has 4 atom stereocenters. The third-order valence-corrected chi connectivity index (χ3v) is 5.76. The summed E-state index contributed by atoms with van der Waals surface area (Å²) in [6, 6.07) is -4.78. The minimum absolute atomic E-state index is 0.0508. The van der Waals surface area contributed by atoms with Crippen molar-refractivity contribution in [3.63, 3.8) is 0 Å². The molecule has 0 aliphatic heterocycles. The fourth-order valence-corrected chi connectivity index (χ4v) is 3.60.